The number of hydrogen-bond donors (Lipinski definition) is 2. The maximum Gasteiger partial charge on any atom is 0.120 e. The number of ether oxygens (including phenoxy) is 1. The number of morpholine rings is 1. The smallest absolute Gasteiger partial charge is 0.120 e. The number of aromatic hydroxyl groups is 1. The van der Waals surface area contributed by atoms with E-state index in [1.807, 2.05) is 18.2 Å². The van der Waals surface area contributed by atoms with Crippen LogP contribution in [0.2, 0.25) is 0 Å². The van der Waals surface area contributed by atoms with Crippen molar-refractivity contribution in [1.82, 2.24) is 9.80 Å². The number of phenols is 1. The van der Waals surface area contributed by atoms with Gasteiger partial charge in [-0.1, -0.05) is 25.1 Å². The number of phenolic OH excluding ortho intramolecular Hbond substituents is 1. The first-order valence-electron chi connectivity index (χ1n) is 9.03. The van der Waals surface area contributed by atoms with E-state index in [0.717, 1.165) is 31.6 Å². The van der Waals surface area contributed by atoms with Gasteiger partial charge in [0.25, 0.3) is 0 Å². The Balaban J connectivity index is 1.88. The SMILES string of the molecule is CCCN(Cc1ccccc1O)CC(O)CN1CC(C)OC(C)C1. The maximum absolute atomic E-state index is 10.5. The molecule has 3 atom stereocenters. The molecule has 0 saturated carbocycles. The summed E-state index contributed by atoms with van der Waals surface area (Å²) in [7, 11) is 0. The minimum absolute atomic E-state index is 0.217. The minimum atomic E-state index is -0.403. The lowest BCUT2D eigenvalue weighted by atomic mass is 10.1. The number of aliphatic hydroxyl groups excluding tert-OH is 1. The van der Waals surface area contributed by atoms with Gasteiger partial charge in [0.2, 0.25) is 0 Å². The van der Waals surface area contributed by atoms with Gasteiger partial charge >= 0.3 is 0 Å². The molecule has 24 heavy (non-hydrogen) atoms. The average Bonchev–Trinajstić information content (AvgIpc) is 2.48. The van der Waals surface area contributed by atoms with Crippen molar-refractivity contribution < 1.29 is 14.9 Å². The van der Waals surface area contributed by atoms with E-state index in [1.54, 1.807) is 6.07 Å². The summed E-state index contributed by atoms with van der Waals surface area (Å²) in [6.07, 6.45) is 1.05. The molecule has 3 unspecified atom stereocenters. The lowest BCUT2D eigenvalue weighted by molar-refractivity contribution is -0.0781. The Morgan fingerprint density at radius 1 is 1.25 bits per heavy atom. The van der Waals surface area contributed by atoms with E-state index >= 15 is 0 Å². The zero-order valence-electron chi connectivity index (χ0n) is 15.2. The normalized spacial score (nSPS) is 23.5. The zero-order chi connectivity index (χ0) is 17.5. The number of hydrogen-bond acceptors (Lipinski definition) is 5. The Hall–Kier alpha value is -1.14. The second-order valence-corrected chi connectivity index (χ2v) is 6.99. The fourth-order valence-corrected chi connectivity index (χ4v) is 3.52. The summed E-state index contributed by atoms with van der Waals surface area (Å²) in [6.45, 7) is 10.9. The number of aliphatic hydroxyl groups is 1. The van der Waals surface area contributed by atoms with Gasteiger partial charge in [-0.2, -0.15) is 0 Å². The van der Waals surface area contributed by atoms with Crippen LogP contribution in [0.1, 0.15) is 32.8 Å². The van der Waals surface area contributed by atoms with Crippen molar-refractivity contribution in [2.75, 3.05) is 32.7 Å². The van der Waals surface area contributed by atoms with E-state index in [-0.39, 0.29) is 12.2 Å². The van der Waals surface area contributed by atoms with Crippen LogP contribution in [0, 0.1) is 0 Å². The zero-order valence-corrected chi connectivity index (χ0v) is 15.2. The van der Waals surface area contributed by atoms with Gasteiger partial charge in [-0.15, -0.1) is 0 Å². The molecule has 0 spiro atoms. The number of nitrogens with zero attached hydrogens (tertiary/aromatic N) is 2. The minimum Gasteiger partial charge on any atom is -0.508 e. The Bertz CT molecular complexity index is 487. The summed E-state index contributed by atoms with van der Waals surface area (Å²) < 4.78 is 5.75. The molecular formula is C19H32N2O3. The second-order valence-electron chi connectivity index (χ2n) is 6.99. The van der Waals surface area contributed by atoms with Crippen LogP contribution >= 0.6 is 0 Å². The Morgan fingerprint density at radius 3 is 2.54 bits per heavy atom. The molecule has 2 N–H and O–H groups in total. The summed E-state index contributed by atoms with van der Waals surface area (Å²) in [4.78, 5) is 4.50. The van der Waals surface area contributed by atoms with Crippen LogP contribution < -0.4 is 0 Å². The number of β-amino-alcohol motifs (C(OH)–C–C–N with tert-alkyl or cyclic N) is 1. The second kappa shape index (κ2) is 9.37. The molecule has 136 valence electrons. The Morgan fingerprint density at radius 2 is 1.92 bits per heavy atom. The van der Waals surface area contributed by atoms with E-state index in [2.05, 4.69) is 30.6 Å². The number of rotatable bonds is 8. The van der Waals surface area contributed by atoms with Gasteiger partial charge in [-0.05, 0) is 32.9 Å². The summed E-state index contributed by atoms with van der Waals surface area (Å²) in [6, 6.07) is 7.42. The van der Waals surface area contributed by atoms with Crippen molar-refractivity contribution in [3.8, 4) is 5.75 Å². The standard InChI is InChI=1S/C19H32N2O3/c1-4-9-20(12-17-7-5-6-8-19(17)23)13-18(22)14-21-10-15(2)24-16(3)11-21/h5-8,15-16,18,22-23H,4,9-14H2,1-3H3. The fourth-order valence-electron chi connectivity index (χ4n) is 3.52. The average molecular weight is 336 g/mol. The third kappa shape index (κ3) is 6.06. The van der Waals surface area contributed by atoms with Crippen LogP contribution in [0.4, 0.5) is 0 Å². The fraction of sp³-hybridized carbons (Fsp3) is 0.684. The van der Waals surface area contributed by atoms with E-state index in [1.165, 1.54) is 0 Å². The van der Waals surface area contributed by atoms with Crippen LogP contribution in [0.3, 0.4) is 0 Å². The number of para-hydroxylation sites is 1. The van der Waals surface area contributed by atoms with E-state index in [0.29, 0.717) is 25.4 Å². The van der Waals surface area contributed by atoms with Crippen LogP contribution in [0.25, 0.3) is 0 Å². The Kier molecular flexibility index (Phi) is 7.49. The molecular weight excluding hydrogens is 304 g/mol. The summed E-state index contributed by atoms with van der Waals surface area (Å²) in [5, 5.41) is 20.5. The van der Waals surface area contributed by atoms with Crippen molar-refractivity contribution in [3.05, 3.63) is 29.8 Å². The van der Waals surface area contributed by atoms with Crippen molar-refractivity contribution in [3.63, 3.8) is 0 Å². The van der Waals surface area contributed by atoms with Gasteiger partial charge in [0.1, 0.15) is 5.75 Å². The van der Waals surface area contributed by atoms with Crippen molar-refractivity contribution >= 4 is 0 Å². The third-order valence-corrected chi connectivity index (χ3v) is 4.36. The largest absolute Gasteiger partial charge is 0.508 e. The third-order valence-electron chi connectivity index (χ3n) is 4.36. The van der Waals surface area contributed by atoms with E-state index < -0.39 is 6.10 Å². The molecule has 1 aromatic rings. The lowest BCUT2D eigenvalue weighted by Gasteiger charge is -2.37. The molecule has 0 amide bonds. The molecule has 0 radical (unpaired) electrons. The van der Waals surface area contributed by atoms with Gasteiger partial charge in [0.15, 0.2) is 0 Å². The number of benzene rings is 1. The molecule has 1 aromatic carbocycles. The van der Waals surface area contributed by atoms with Crippen molar-refractivity contribution in [2.45, 2.75) is 52.0 Å². The highest BCUT2D eigenvalue weighted by Gasteiger charge is 2.24. The van der Waals surface area contributed by atoms with E-state index in [9.17, 15) is 10.2 Å². The van der Waals surface area contributed by atoms with Gasteiger partial charge in [-0.25, -0.2) is 0 Å². The van der Waals surface area contributed by atoms with Crippen LogP contribution in [-0.4, -0.2) is 71.0 Å². The topological polar surface area (TPSA) is 56.2 Å². The molecule has 0 bridgehead atoms. The molecule has 1 saturated heterocycles. The van der Waals surface area contributed by atoms with Gasteiger partial charge in [0.05, 0.1) is 18.3 Å². The maximum atomic E-state index is 10.5. The van der Waals surface area contributed by atoms with Gasteiger partial charge in [-0.3, -0.25) is 9.80 Å². The highest BCUT2D eigenvalue weighted by Crippen LogP contribution is 2.18. The monoisotopic (exact) mass is 336 g/mol. The highest BCUT2D eigenvalue weighted by molar-refractivity contribution is 5.31. The summed E-state index contributed by atoms with van der Waals surface area (Å²) >= 11 is 0. The molecule has 5 nitrogen and oxygen atoms in total. The first kappa shape index (κ1) is 19.2. The van der Waals surface area contributed by atoms with Crippen molar-refractivity contribution in [2.24, 2.45) is 0 Å². The predicted molar refractivity (Wildman–Crippen MR) is 96.1 cm³/mol. The summed E-state index contributed by atoms with van der Waals surface area (Å²) in [5.41, 5.74) is 0.909. The predicted octanol–water partition coefficient (Wildman–Crippen LogP) is 2.07. The molecule has 0 aliphatic carbocycles. The Labute approximate surface area is 145 Å². The van der Waals surface area contributed by atoms with Gasteiger partial charge in [0, 0.05) is 38.3 Å². The first-order valence-corrected chi connectivity index (χ1v) is 9.03. The highest BCUT2D eigenvalue weighted by atomic mass is 16.5. The summed E-state index contributed by atoms with van der Waals surface area (Å²) in [5.74, 6) is 0.323. The quantitative estimate of drug-likeness (QED) is 0.761. The van der Waals surface area contributed by atoms with Crippen LogP contribution in [0.5, 0.6) is 5.75 Å². The molecule has 1 aliphatic rings. The molecule has 2 rings (SSSR count). The van der Waals surface area contributed by atoms with E-state index in [4.69, 9.17) is 4.74 Å². The molecule has 0 aromatic heterocycles. The van der Waals surface area contributed by atoms with Crippen LogP contribution in [-0.2, 0) is 11.3 Å². The lowest BCUT2D eigenvalue weighted by Crippen LogP contribution is -2.49. The molecule has 5 heteroatoms. The first-order chi connectivity index (χ1) is 11.5. The van der Waals surface area contributed by atoms with Crippen molar-refractivity contribution in [1.29, 1.82) is 0 Å². The van der Waals surface area contributed by atoms with Gasteiger partial charge < -0.3 is 14.9 Å². The van der Waals surface area contributed by atoms with Crippen LogP contribution in [0.15, 0.2) is 24.3 Å². The molecule has 1 fully saturated rings. The molecule has 1 heterocycles. The molecule has 1 aliphatic heterocycles.